The zero-order valence-corrected chi connectivity index (χ0v) is 25.7. The second kappa shape index (κ2) is 29.3. The van der Waals surface area contributed by atoms with Gasteiger partial charge in [-0.3, -0.25) is 9.69 Å². The molecule has 38 heavy (non-hydrogen) atoms. The topological polar surface area (TPSA) is 81.0 Å². The highest BCUT2D eigenvalue weighted by atomic mass is 16.4. The molecular weight excluding hydrogens is 474 g/mol. The molecule has 0 fully saturated rings. The van der Waals surface area contributed by atoms with Crippen LogP contribution < -0.4 is 0 Å². The largest absolute Gasteiger partial charge is 0.481 e. The normalized spacial score (nSPS) is 13.3. The van der Waals surface area contributed by atoms with Gasteiger partial charge in [0.15, 0.2) is 0 Å². The van der Waals surface area contributed by atoms with E-state index in [1.54, 1.807) is 0 Å². The Kier molecular flexibility index (Phi) is 28.8. The fourth-order valence-corrected chi connectivity index (χ4v) is 5.38. The minimum atomic E-state index is -0.751. The highest BCUT2D eigenvalue weighted by molar-refractivity contribution is 5.66. The van der Waals surface area contributed by atoms with Gasteiger partial charge in [-0.2, -0.15) is 0 Å². The molecule has 0 aliphatic carbocycles. The van der Waals surface area contributed by atoms with Crippen LogP contribution in [-0.2, 0) is 4.79 Å². The van der Waals surface area contributed by atoms with Gasteiger partial charge in [0.1, 0.15) is 0 Å². The molecule has 5 heteroatoms. The Bertz CT molecular complexity index is 456. The van der Waals surface area contributed by atoms with Crippen molar-refractivity contribution in [2.75, 3.05) is 19.6 Å². The molecule has 0 spiro atoms. The Morgan fingerprint density at radius 1 is 0.526 bits per heavy atom. The van der Waals surface area contributed by atoms with E-state index in [-0.39, 0.29) is 18.6 Å². The van der Waals surface area contributed by atoms with Gasteiger partial charge in [0, 0.05) is 19.5 Å². The number of carbonyl (C=O) groups is 1. The van der Waals surface area contributed by atoms with E-state index < -0.39 is 5.97 Å². The summed E-state index contributed by atoms with van der Waals surface area (Å²) < 4.78 is 0. The molecule has 2 atom stereocenters. The molecule has 3 N–H and O–H groups in total. The summed E-state index contributed by atoms with van der Waals surface area (Å²) in [6.07, 6.45) is 28.4. The average molecular weight is 542 g/mol. The predicted molar refractivity (Wildman–Crippen MR) is 163 cm³/mol. The molecule has 0 rings (SSSR count). The smallest absolute Gasteiger partial charge is 0.303 e. The number of aliphatic hydroxyl groups excluding tert-OH is 2. The maximum absolute atomic E-state index is 10.8. The van der Waals surface area contributed by atoms with Crippen LogP contribution in [0.15, 0.2) is 0 Å². The molecule has 0 aromatic carbocycles. The zero-order valence-electron chi connectivity index (χ0n) is 25.7. The molecule has 0 aromatic rings. The Morgan fingerprint density at radius 2 is 0.868 bits per heavy atom. The summed E-state index contributed by atoms with van der Waals surface area (Å²) in [5.74, 6) is -0.751. The first-order chi connectivity index (χ1) is 18.5. The molecule has 0 amide bonds. The Hall–Kier alpha value is -0.650. The fourth-order valence-electron chi connectivity index (χ4n) is 5.38. The lowest BCUT2D eigenvalue weighted by atomic mass is 10.0. The highest BCUT2D eigenvalue weighted by Crippen LogP contribution is 2.15. The Morgan fingerprint density at radius 3 is 1.21 bits per heavy atom. The number of aliphatic hydroxyl groups is 2. The van der Waals surface area contributed by atoms with Crippen LogP contribution in [0.1, 0.15) is 174 Å². The third kappa shape index (κ3) is 28.4. The van der Waals surface area contributed by atoms with E-state index >= 15 is 0 Å². The second-order valence-electron chi connectivity index (χ2n) is 11.9. The van der Waals surface area contributed by atoms with E-state index in [1.807, 2.05) is 0 Å². The summed E-state index contributed by atoms with van der Waals surface area (Å²) in [4.78, 5) is 13.0. The lowest BCUT2D eigenvalue weighted by molar-refractivity contribution is -0.137. The van der Waals surface area contributed by atoms with Crippen LogP contribution in [0.4, 0.5) is 0 Å². The lowest BCUT2D eigenvalue weighted by Gasteiger charge is -2.27. The number of rotatable bonds is 31. The van der Waals surface area contributed by atoms with Crippen LogP contribution in [0.2, 0.25) is 0 Å². The third-order valence-electron chi connectivity index (χ3n) is 7.83. The maximum atomic E-state index is 10.8. The Labute approximate surface area is 237 Å². The summed E-state index contributed by atoms with van der Waals surface area (Å²) in [7, 11) is 0. The number of nitrogens with zero attached hydrogens (tertiary/aromatic N) is 1. The molecule has 0 aliphatic rings. The van der Waals surface area contributed by atoms with Crippen molar-refractivity contribution in [3.63, 3.8) is 0 Å². The maximum Gasteiger partial charge on any atom is 0.303 e. The van der Waals surface area contributed by atoms with Gasteiger partial charge in [0.25, 0.3) is 0 Å². The van der Waals surface area contributed by atoms with Crippen LogP contribution >= 0.6 is 0 Å². The van der Waals surface area contributed by atoms with Crippen molar-refractivity contribution in [1.82, 2.24) is 4.90 Å². The van der Waals surface area contributed by atoms with Crippen LogP contribution in [0.25, 0.3) is 0 Å². The van der Waals surface area contributed by atoms with Crippen molar-refractivity contribution in [3.05, 3.63) is 0 Å². The van der Waals surface area contributed by atoms with Gasteiger partial charge >= 0.3 is 5.97 Å². The van der Waals surface area contributed by atoms with Gasteiger partial charge in [-0.15, -0.1) is 0 Å². The van der Waals surface area contributed by atoms with Crippen LogP contribution in [-0.4, -0.2) is 58.0 Å². The number of hydrogen-bond donors (Lipinski definition) is 3. The van der Waals surface area contributed by atoms with Crippen LogP contribution in [0, 0.1) is 0 Å². The van der Waals surface area contributed by atoms with Crippen molar-refractivity contribution in [2.24, 2.45) is 0 Å². The van der Waals surface area contributed by atoms with Crippen molar-refractivity contribution in [1.29, 1.82) is 0 Å². The SMILES string of the molecule is CCCCCCCCCCCCC(O)CN(CCCCC(=O)O)CC(O)CCCCCCCCCCCC. The first kappa shape index (κ1) is 37.4. The fraction of sp³-hybridized carbons (Fsp3) is 0.970. The van der Waals surface area contributed by atoms with Crippen LogP contribution in [0.3, 0.4) is 0 Å². The first-order valence-electron chi connectivity index (χ1n) is 16.8. The van der Waals surface area contributed by atoms with E-state index in [9.17, 15) is 15.0 Å². The van der Waals surface area contributed by atoms with Crippen molar-refractivity contribution < 1.29 is 20.1 Å². The van der Waals surface area contributed by atoms with Gasteiger partial charge in [0.05, 0.1) is 12.2 Å². The minimum absolute atomic E-state index is 0.191. The molecule has 0 aromatic heterocycles. The molecular formula is C33H67NO4. The molecule has 0 aliphatic heterocycles. The zero-order chi connectivity index (χ0) is 28.1. The summed E-state index contributed by atoms with van der Waals surface area (Å²) in [5.41, 5.74) is 0. The van der Waals surface area contributed by atoms with Gasteiger partial charge in [-0.1, -0.05) is 142 Å². The molecule has 0 bridgehead atoms. The first-order valence-corrected chi connectivity index (χ1v) is 16.8. The molecule has 2 unspecified atom stereocenters. The molecule has 228 valence electrons. The number of carboxylic acids is 1. The quantitative estimate of drug-likeness (QED) is 0.0763. The van der Waals surface area contributed by atoms with Gasteiger partial charge in [0.2, 0.25) is 0 Å². The lowest BCUT2D eigenvalue weighted by Crippen LogP contribution is -2.38. The van der Waals surface area contributed by atoms with E-state index in [4.69, 9.17) is 5.11 Å². The monoisotopic (exact) mass is 542 g/mol. The molecule has 5 nitrogen and oxygen atoms in total. The summed E-state index contributed by atoms with van der Waals surface area (Å²) >= 11 is 0. The van der Waals surface area contributed by atoms with Crippen molar-refractivity contribution in [2.45, 2.75) is 187 Å². The van der Waals surface area contributed by atoms with Gasteiger partial charge in [-0.25, -0.2) is 0 Å². The van der Waals surface area contributed by atoms with E-state index in [0.717, 1.165) is 38.6 Å². The average Bonchev–Trinajstić information content (AvgIpc) is 2.88. The molecule has 0 saturated heterocycles. The summed E-state index contributed by atoms with van der Waals surface area (Å²) in [5, 5.41) is 30.2. The Balaban J connectivity index is 4.07. The van der Waals surface area contributed by atoms with Crippen LogP contribution in [0.5, 0.6) is 0 Å². The molecule has 0 heterocycles. The molecule has 0 radical (unpaired) electrons. The van der Waals surface area contributed by atoms with Gasteiger partial charge < -0.3 is 15.3 Å². The number of hydrogen-bond acceptors (Lipinski definition) is 4. The van der Waals surface area contributed by atoms with E-state index in [1.165, 1.54) is 116 Å². The van der Waals surface area contributed by atoms with Gasteiger partial charge in [-0.05, 0) is 32.2 Å². The third-order valence-corrected chi connectivity index (χ3v) is 7.83. The minimum Gasteiger partial charge on any atom is -0.481 e. The highest BCUT2D eigenvalue weighted by Gasteiger charge is 2.16. The number of aliphatic carboxylic acids is 1. The second-order valence-corrected chi connectivity index (χ2v) is 11.9. The summed E-state index contributed by atoms with van der Waals surface area (Å²) in [6, 6.07) is 0. The van der Waals surface area contributed by atoms with E-state index in [2.05, 4.69) is 18.7 Å². The summed E-state index contributed by atoms with van der Waals surface area (Å²) in [6.45, 7) is 6.43. The van der Waals surface area contributed by atoms with Crippen molar-refractivity contribution in [3.8, 4) is 0 Å². The predicted octanol–water partition coefficient (Wildman–Crippen LogP) is 8.89. The number of carboxylic acid groups (broad SMARTS) is 1. The van der Waals surface area contributed by atoms with E-state index in [0.29, 0.717) is 19.5 Å². The number of unbranched alkanes of at least 4 members (excludes halogenated alkanes) is 19. The standard InChI is InChI=1S/C33H67NO4/c1-3-5-7-9-11-13-15-17-19-21-25-31(35)29-34(28-24-23-27-33(37)38)30-32(36)26-22-20-18-16-14-12-10-8-6-4-2/h31-32,35-36H,3-30H2,1-2H3,(H,37,38). The molecule has 0 saturated carbocycles. The van der Waals surface area contributed by atoms with Crippen molar-refractivity contribution >= 4 is 5.97 Å².